The van der Waals surface area contributed by atoms with Crippen LogP contribution in [0.3, 0.4) is 0 Å². The maximum absolute atomic E-state index is 2.39. The van der Waals surface area contributed by atoms with Gasteiger partial charge in [0.25, 0.3) is 0 Å². The second-order valence-electron chi connectivity index (χ2n) is 12.9. The van der Waals surface area contributed by atoms with Crippen molar-refractivity contribution in [3.05, 3.63) is 182 Å². The topological polar surface area (TPSA) is 0 Å². The van der Waals surface area contributed by atoms with Crippen molar-refractivity contribution in [3.63, 3.8) is 0 Å². The molecule has 0 aliphatic heterocycles. The van der Waals surface area contributed by atoms with E-state index in [-0.39, 0.29) is 14.5 Å². The van der Waals surface area contributed by atoms with E-state index in [0.29, 0.717) is 0 Å². The molecular formula is C48H30Se. The van der Waals surface area contributed by atoms with Crippen LogP contribution in [0.5, 0.6) is 0 Å². The van der Waals surface area contributed by atoms with Gasteiger partial charge in [0.05, 0.1) is 0 Å². The molecule has 0 nitrogen and oxygen atoms in total. The molecule has 0 unspecified atom stereocenters. The van der Waals surface area contributed by atoms with Gasteiger partial charge in [-0.1, -0.05) is 0 Å². The van der Waals surface area contributed by atoms with Gasteiger partial charge in [-0.25, -0.2) is 0 Å². The fraction of sp³-hybridized carbons (Fsp3) is 0. The van der Waals surface area contributed by atoms with Crippen LogP contribution in [0.25, 0.3) is 96.1 Å². The van der Waals surface area contributed by atoms with Gasteiger partial charge in [0.1, 0.15) is 0 Å². The molecule has 1 aromatic heterocycles. The van der Waals surface area contributed by atoms with E-state index in [4.69, 9.17) is 0 Å². The third-order valence-corrected chi connectivity index (χ3v) is 12.7. The number of hydrogen-bond acceptors (Lipinski definition) is 0. The van der Waals surface area contributed by atoms with Crippen LogP contribution in [0.1, 0.15) is 0 Å². The Kier molecular flexibility index (Phi) is 6.62. The molecule has 0 bridgehead atoms. The zero-order valence-corrected chi connectivity index (χ0v) is 28.4. The van der Waals surface area contributed by atoms with Gasteiger partial charge in [0.2, 0.25) is 0 Å². The molecule has 0 saturated heterocycles. The van der Waals surface area contributed by atoms with Crippen molar-refractivity contribution in [3.8, 4) is 44.5 Å². The van der Waals surface area contributed by atoms with E-state index in [0.717, 1.165) is 0 Å². The van der Waals surface area contributed by atoms with Gasteiger partial charge >= 0.3 is 293 Å². The molecule has 0 N–H and O–H groups in total. The summed E-state index contributed by atoms with van der Waals surface area (Å²) in [6.45, 7) is 0. The summed E-state index contributed by atoms with van der Waals surface area (Å²) in [5.74, 6) is 0. The molecule has 0 atom stereocenters. The summed E-state index contributed by atoms with van der Waals surface area (Å²) >= 11 is 0.139. The summed E-state index contributed by atoms with van der Waals surface area (Å²) in [5.41, 5.74) is 10.1. The fourth-order valence-corrected chi connectivity index (χ4v) is 10.6. The monoisotopic (exact) mass is 686 g/mol. The van der Waals surface area contributed by atoms with Crippen molar-refractivity contribution < 1.29 is 0 Å². The number of rotatable bonds is 4. The Bertz CT molecular complexity index is 2800. The fourth-order valence-electron chi connectivity index (χ4n) is 7.72. The summed E-state index contributed by atoms with van der Waals surface area (Å²) in [7, 11) is 0. The summed E-state index contributed by atoms with van der Waals surface area (Å²) < 4.78 is 2.98. The second-order valence-corrected chi connectivity index (χ2v) is 15.0. The first kappa shape index (κ1) is 28.3. The van der Waals surface area contributed by atoms with Crippen LogP contribution in [-0.2, 0) is 0 Å². The molecule has 0 fully saturated rings. The Hall–Kier alpha value is -5.72. The Labute approximate surface area is 291 Å². The van der Waals surface area contributed by atoms with Gasteiger partial charge in [-0.3, -0.25) is 0 Å². The minimum absolute atomic E-state index is 0.139. The van der Waals surface area contributed by atoms with Crippen LogP contribution in [0.2, 0.25) is 0 Å². The average molecular weight is 686 g/mol. The van der Waals surface area contributed by atoms with Crippen LogP contribution in [0, 0.1) is 0 Å². The van der Waals surface area contributed by atoms with Crippen LogP contribution < -0.4 is 0 Å². The minimum atomic E-state index is 0.139. The Morgan fingerprint density at radius 2 is 0.816 bits per heavy atom. The van der Waals surface area contributed by atoms with E-state index >= 15 is 0 Å². The predicted octanol–water partition coefficient (Wildman–Crippen LogP) is 13.2. The molecule has 49 heavy (non-hydrogen) atoms. The van der Waals surface area contributed by atoms with E-state index in [1.54, 1.807) is 0 Å². The first-order valence-corrected chi connectivity index (χ1v) is 18.6. The van der Waals surface area contributed by atoms with Crippen molar-refractivity contribution in [1.82, 2.24) is 0 Å². The molecule has 10 rings (SSSR count). The molecule has 0 aliphatic rings. The molecule has 0 aliphatic carbocycles. The first-order chi connectivity index (χ1) is 24.3. The van der Waals surface area contributed by atoms with Crippen molar-refractivity contribution in [2.75, 3.05) is 0 Å². The molecule has 0 radical (unpaired) electrons. The SMILES string of the molecule is c1ccc(-c2cc(-c3ccccc3)cc(-c3ccc4ccccc4c3-c3cccc4c3[se]c3c4ccc4ccc5ccccc5c43)c2)cc1. The van der Waals surface area contributed by atoms with Gasteiger partial charge in [0, 0.05) is 0 Å². The molecule has 0 saturated carbocycles. The Morgan fingerprint density at radius 3 is 1.55 bits per heavy atom. The number of hydrogen-bond donors (Lipinski definition) is 0. The van der Waals surface area contributed by atoms with E-state index in [9.17, 15) is 0 Å². The van der Waals surface area contributed by atoms with Gasteiger partial charge in [0.15, 0.2) is 0 Å². The van der Waals surface area contributed by atoms with E-state index in [1.165, 1.54) is 96.1 Å². The summed E-state index contributed by atoms with van der Waals surface area (Å²) in [6.07, 6.45) is 0. The van der Waals surface area contributed by atoms with Crippen molar-refractivity contribution in [2.24, 2.45) is 0 Å². The Balaban J connectivity index is 1.30. The maximum atomic E-state index is 2.39. The molecule has 1 heterocycles. The van der Waals surface area contributed by atoms with Gasteiger partial charge in [-0.05, 0) is 0 Å². The summed E-state index contributed by atoms with van der Waals surface area (Å²) in [5, 5.41) is 10.7. The normalized spacial score (nSPS) is 11.7. The van der Waals surface area contributed by atoms with Gasteiger partial charge in [-0.15, -0.1) is 0 Å². The average Bonchev–Trinajstić information content (AvgIpc) is 3.57. The summed E-state index contributed by atoms with van der Waals surface area (Å²) in [6, 6.07) is 67.3. The van der Waals surface area contributed by atoms with Gasteiger partial charge < -0.3 is 0 Å². The molecule has 1 heteroatoms. The van der Waals surface area contributed by atoms with Crippen LogP contribution in [0.4, 0.5) is 0 Å². The molecule has 228 valence electrons. The van der Waals surface area contributed by atoms with Crippen LogP contribution in [0.15, 0.2) is 182 Å². The van der Waals surface area contributed by atoms with Gasteiger partial charge in [-0.2, -0.15) is 0 Å². The number of fused-ring (bicyclic) bond motifs is 8. The van der Waals surface area contributed by atoms with E-state index in [1.807, 2.05) is 0 Å². The second kappa shape index (κ2) is 11.5. The molecule has 0 amide bonds. The van der Waals surface area contributed by atoms with E-state index < -0.39 is 0 Å². The molecular weight excluding hydrogens is 655 g/mol. The third kappa shape index (κ3) is 4.66. The third-order valence-electron chi connectivity index (χ3n) is 10.0. The quantitative estimate of drug-likeness (QED) is 0.128. The van der Waals surface area contributed by atoms with E-state index in [2.05, 4.69) is 182 Å². The molecule has 0 spiro atoms. The molecule has 10 aromatic rings. The predicted molar refractivity (Wildman–Crippen MR) is 213 cm³/mol. The standard InChI is InChI=1S/C48H30Se/c1-3-12-31(13-4-1)36-28-37(32-14-5-2-6-15-32)30-38(29-36)41-26-24-34-17-8-10-19-40(34)46(41)44-21-11-20-42-43-27-25-35-23-22-33-16-7-9-18-39(33)45(35)48(43)49-47(42)44/h1-30H. The zero-order valence-electron chi connectivity index (χ0n) is 26.7. The van der Waals surface area contributed by atoms with Crippen molar-refractivity contribution in [2.45, 2.75) is 0 Å². The molecule has 9 aromatic carbocycles. The van der Waals surface area contributed by atoms with Crippen molar-refractivity contribution in [1.29, 1.82) is 0 Å². The zero-order chi connectivity index (χ0) is 32.3. The first-order valence-electron chi connectivity index (χ1n) is 16.8. The van der Waals surface area contributed by atoms with Crippen LogP contribution in [-0.4, -0.2) is 14.5 Å². The van der Waals surface area contributed by atoms with Crippen LogP contribution >= 0.6 is 0 Å². The summed E-state index contributed by atoms with van der Waals surface area (Å²) in [4.78, 5) is 0. The Morgan fingerprint density at radius 1 is 0.286 bits per heavy atom. The van der Waals surface area contributed by atoms with Crippen molar-refractivity contribution >= 4 is 66.1 Å². The number of benzene rings is 9.